The first kappa shape index (κ1) is 5.56. The molecule has 1 saturated heterocycles. The van der Waals surface area contributed by atoms with E-state index in [-0.39, 0.29) is 12.0 Å². The minimum Gasteiger partial charge on any atom is -0.391 e. The van der Waals surface area contributed by atoms with Gasteiger partial charge in [0.1, 0.15) is 0 Å². The lowest BCUT2D eigenvalue weighted by molar-refractivity contribution is -0.123. The number of rotatable bonds is 0. The van der Waals surface area contributed by atoms with Crippen LogP contribution in [-0.2, 0) is 4.79 Å². The van der Waals surface area contributed by atoms with Crippen molar-refractivity contribution < 1.29 is 9.90 Å². The molecule has 3 nitrogen and oxygen atoms in total. The summed E-state index contributed by atoms with van der Waals surface area (Å²) in [4.78, 5) is 10.4. The molecule has 0 bridgehead atoms. The van der Waals surface area contributed by atoms with Crippen LogP contribution in [-0.4, -0.2) is 23.7 Å². The molecule has 0 radical (unpaired) electrons. The Hall–Kier alpha value is -0.570. The topological polar surface area (TPSA) is 49.3 Å². The van der Waals surface area contributed by atoms with Crippen molar-refractivity contribution in [3.05, 3.63) is 0 Å². The van der Waals surface area contributed by atoms with Crippen molar-refractivity contribution in [2.24, 2.45) is 0 Å². The summed E-state index contributed by atoms with van der Waals surface area (Å²) in [5.41, 5.74) is 0. The number of amides is 1. The summed E-state index contributed by atoms with van der Waals surface area (Å²) in [6.45, 7) is 0.429. The summed E-state index contributed by atoms with van der Waals surface area (Å²) in [6, 6.07) is 0. The maximum absolute atomic E-state index is 10.4. The van der Waals surface area contributed by atoms with Crippen molar-refractivity contribution in [2.45, 2.75) is 18.9 Å². The molecule has 0 aromatic heterocycles. The Kier molecular flexibility index (Phi) is 1.48. The molecule has 2 N–H and O–H groups in total. The lowest BCUT2D eigenvalue weighted by atomic mass is 10.1. The van der Waals surface area contributed by atoms with Crippen molar-refractivity contribution in [3.63, 3.8) is 0 Å². The molecular formula is C5H9NO2. The highest BCUT2D eigenvalue weighted by atomic mass is 16.3. The van der Waals surface area contributed by atoms with Gasteiger partial charge in [0, 0.05) is 13.0 Å². The fourth-order valence-electron chi connectivity index (χ4n) is 0.720. The van der Waals surface area contributed by atoms with E-state index in [2.05, 4.69) is 5.32 Å². The number of hydrogen-bond acceptors (Lipinski definition) is 2. The first-order chi connectivity index (χ1) is 3.79. The number of aliphatic hydroxyl groups is 1. The third-order valence-corrected chi connectivity index (χ3v) is 1.24. The Morgan fingerprint density at radius 3 is 2.88 bits per heavy atom. The SMILES string of the molecule is O=C1CC[C@@H](O)CN1. The Labute approximate surface area is 47.7 Å². The molecule has 1 rings (SSSR count). The summed E-state index contributed by atoms with van der Waals surface area (Å²) in [5.74, 6) is 0.0512. The van der Waals surface area contributed by atoms with Gasteiger partial charge in [-0.3, -0.25) is 4.79 Å². The number of hydrogen-bond donors (Lipinski definition) is 2. The van der Waals surface area contributed by atoms with E-state index < -0.39 is 0 Å². The molecule has 1 aliphatic rings. The van der Waals surface area contributed by atoms with Gasteiger partial charge in [-0.1, -0.05) is 0 Å². The van der Waals surface area contributed by atoms with Crippen LogP contribution in [0.5, 0.6) is 0 Å². The molecule has 1 heterocycles. The van der Waals surface area contributed by atoms with Gasteiger partial charge in [-0.25, -0.2) is 0 Å². The van der Waals surface area contributed by atoms with Gasteiger partial charge in [-0.15, -0.1) is 0 Å². The quantitative estimate of drug-likeness (QED) is 0.436. The highest BCUT2D eigenvalue weighted by Crippen LogP contribution is 2.00. The van der Waals surface area contributed by atoms with E-state index in [4.69, 9.17) is 5.11 Å². The van der Waals surface area contributed by atoms with Crippen LogP contribution in [0.2, 0.25) is 0 Å². The lowest BCUT2D eigenvalue weighted by Gasteiger charge is -2.16. The van der Waals surface area contributed by atoms with Crippen LogP contribution < -0.4 is 5.32 Å². The summed E-state index contributed by atoms with van der Waals surface area (Å²) in [7, 11) is 0. The molecule has 1 atom stereocenters. The van der Waals surface area contributed by atoms with Gasteiger partial charge in [0.2, 0.25) is 5.91 Å². The van der Waals surface area contributed by atoms with Gasteiger partial charge in [-0.2, -0.15) is 0 Å². The van der Waals surface area contributed by atoms with Crippen LogP contribution in [0.1, 0.15) is 12.8 Å². The average molecular weight is 115 g/mol. The van der Waals surface area contributed by atoms with Gasteiger partial charge in [0.25, 0.3) is 0 Å². The average Bonchev–Trinajstić information content (AvgIpc) is 1.77. The van der Waals surface area contributed by atoms with Crippen LogP contribution in [0.15, 0.2) is 0 Å². The second-order valence-corrected chi connectivity index (χ2v) is 2.00. The predicted octanol–water partition coefficient (Wildman–Crippen LogP) is -0.743. The summed E-state index contributed by atoms with van der Waals surface area (Å²) in [5, 5.41) is 11.4. The minimum absolute atomic E-state index is 0.0512. The van der Waals surface area contributed by atoms with E-state index in [0.29, 0.717) is 19.4 Å². The maximum atomic E-state index is 10.4. The van der Waals surface area contributed by atoms with E-state index in [0.717, 1.165) is 0 Å². The van der Waals surface area contributed by atoms with Crippen LogP contribution >= 0.6 is 0 Å². The van der Waals surface area contributed by atoms with E-state index in [1.165, 1.54) is 0 Å². The zero-order valence-electron chi connectivity index (χ0n) is 4.55. The number of β-amino-alcohol motifs (C(OH)–C–C–N with tert-alkyl or cyclic N) is 1. The van der Waals surface area contributed by atoms with E-state index >= 15 is 0 Å². The van der Waals surface area contributed by atoms with Crippen molar-refractivity contribution in [1.82, 2.24) is 5.32 Å². The highest BCUT2D eigenvalue weighted by Gasteiger charge is 2.13. The smallest absolute Gasteiger partial charge is 0.220 e. The molecular weight excluding hydrogens is 106 g/mol. The van der Waals surface area contributed by atoms with Crippen molar-refractivity contribution >= 4 is 5.91 Å². The number of nitrogens with one attached hydrogen (secondary N) is 1. The molecule has 0 spiro atoms. The van der Waals surface area contributed by atoms with E-state index in [9.17, 15) is 4.79 Å². The first-order valence-electron chi connectivity index (χ1n) is 2.74. The Morgan fingerprint density at radius 2 is 2.50 bits per heavy atom. The summed E-state index contributed by atoms with van der Waals surface area (Å²) < 4.78 is 0. The number of carbonyl (C=O) groups excluding carboxylic acids is 1. The Morgan fingerprint density at radius 1 is 1.75 bits per heavy atom. The fraction of sp³-hybridized carbons (Fsp3) is 0.800. The van der Waals surface area contributed by atoms with Gasteiger partial charge in [-0.05, 0) is 6.42 Å². The predicted molar refractivity (Wildman–Crippen MR) is 28.3 cm³/mol. The normalized spacial score (nSPS) is 29.6. The lowest BCUT2D eigenvalue weighted by Crippen LogP contribution is -2.37. The minimum atomic E-state index is -0.312. The fourth-order valence-corrected chi connectivity index (χ4v) is 0.720. The molecule has 1 fully saturated rings. The van der Waals surface area contributed by atoms with Gasteiger partial charge in [0.05, 0.1) is 6.10 Å². The third-order valence-electron chi connectivity index (χ3n) is 1.24. The Bertz CT molecular complexity index is 92.6. The maximum Gasteiger partial charge on any atom is 0.220 e. The van der Waals surface area contributed by atoms with E-state index in [1.54, 1.807) is 0 Å². The molecule has 8 heavy (non-hydrogen) atoms. The summed E-state index contributed by atoms with van der Waals surface area (Å²) in [6.07, 6.45) is 0.778. The van der Waals surface area contributed by atoms with Crippen molar-refractivity contribution in [2.75, 3.05) is 6.54 Å². The molecule has 0 aromatic rings. The first-order valence-corrected chi connectivity index (χ1v) is 2.74. The van der Waals surface area contributed by atoms with Crippen molar-refractivity contribution in [3.8, 4) is 0 Å². The van der Waals surface area contributed by atoms with Crippen LogP contribution in [0.25, 0.3) is 0 Å². The molecule has 3 heteroatoms. The summed E-state index contributed by atoms with van der Waals surface area (Å²) >= 11 is 0. The van der Waals surface area contributed by atoms with Gasteiger partial charge >= 0.3 is 0 Å². The molecule has 0 saturated carbocycles. The zero-order chi connectivity index (χ0) is 5.98. The molecule has 1 aliphatic heterocycles. The Balaban J connectivity index is 2.29. The van der Waals surface area contributed by atoms with Crippen molar-refractivity contribution in [1.29, 1.82) is 0 Å². The van der Waals surface area contributed by atoms with Crippen LogP contribution in [0.3, 0.4) is 0 Å². The van der Waals surface area contributed by atoms with Crippen LogP contribution in [0.4, 0.5) is 0 Å². The van der Waals surface area contributed by atoms with E-state index in [1.807, 2.05) is 0 Å². The number of carbonyl (C=O) groups is 1. The number of piperidine rings is 1. The standard InChI is InChI=1S/C5H9NO2/c7-4-1-2-5(8)6-3-4/h4,7H,1-3H2,(H,6,8)/t4-/m1/s1. The number of aliphatic hydroxyl groups excluding tert-OH is 1. The van der Waals surface area contributed by atoms with Gasteiger partial charge < -0.3 is 10.4 Å². The largest absolute Gasteiger partial charge is 0.391 e. The second-order valence-electron chi connectivity index (χ2n) is 2.00. The van der Waals surface area contributed by atoms with Crippen LogP contribution in [0, 0.1) is 0 Å². The molecule has 0 aromatic carbocycles. The second kappa shape index (κ2) is 2.13. The third kappa shape index (κ3) is 1.20. The molecule has 1 amide bonds. The van der Waals surface area contributed by atoms with Gasteiger partial charge in [0.15, 0.2) is 0 Å². The molecule has 0 unspecified atom stereocenters. The highest BCUT2D eigenvalue weighted by molar-refractivity contribution is 5.76. The molecule has 0 aliphatic carbocycles. The molecule has 46 valence electrons. The monoisotopic (exact) mass is 115 g/mol. The zero-order valence-corrected chi connectivity index (χ0v) is 4.55.